The van der Waals surface area contributed by atoms with Crippen molar-refractivity contribution in [3.8, 4) is 5.69 Å². The molecule has 2 rings (SSSR count). The van der Waals surface area contributed by atoms with Gasteiger partial charge < -0.3 is 9.67 Å². The number of benzene rings is 1. The maximum atomic E-state index is 11.9. The average molecular weight is 246 g/mol. The van der Waals surface area contributed by atoms with E-state index in [-0.39, 0.29) is 12.1 Å². The molecule has 18 heavy (non-hydrogen) atoms. The molecule has 94 valence electrons. The fourth-order valence-corrected chi connectivity index (χ4v) is 2.00. The number of imidazole rings is 1. The van der Waals surface area contributed by atoms with E-state index in [9.17, 15) is 9.59 Å². The van der Waals surface area contributed by atoms with Crippen molar-refractivity contribution in [1.82, 2.24) is 9.13 Å². The predicted octanol–water partition coefficient (Wildman–Crippen LogP) is 1.11. The molecule has 5 nitrogen and oxygen atoms in total. The Morgan fingerprint density at radius 2 is 2.11 bits per heavy atom. The van der Waals surface area contributed by atoms with Crippen LogP contribution in [0.3, 0.4) is 0 Å². The minimum absolute atomic E-state index is 0.0472. The number of hydrogen-bond donors (Lipinski definition) is 1. The summed E-state index contributed by atoms with van der Waals surface area (Å²) in [5.41, 5.74) is 2.04. The first kappa shape index (κ1) is 12.2. The first-order chi connectivity index (χ1) is 8.49. The van der Waals surface area contributed by atoms with Crippen LogP contribution in [0, 0.1) is 6.92 Å². The van der Waals surface area contributed by atoms with E-state index in [2.05, 4.69) is 0 Å². The molecule has 0 amide bonds. The monoisotopic (exact) mass is 246 g/mol. The van der Waals surface area contributed by atoms with Crippen LogP contribution in [0.5, 0.6) is 0 Å². The van der Waals surface area contributed by atoms with Gasteiger partial charge in [-0.25, -0.2) is 4.79 Å². The molecule has 1 N–H and O–H groups in total. The molecule has 0 aliphatic rings. The van der Waals surface area contributed by atoms with Crippen LogP contribution >= 0.6 is 0 Å². The molecule has 0 bridgehead atoms. The molecule has 2 aromatic rings. The van der Waals surface area contributed by atoms with Gasteiger partial charge in [0.1, 0.15) is 0 Å². The van der Waals surface area contributed by atoms with E-state index in [4.69, 9.17) is 5.11 Å². The van der Waals surface area contributed by atoms with Crippen LogP contribution in [0.4, 0.5) is 0 Å². The molecule has 1 aromatic carbocycles. The van der Waals surface area contributed by atoms with Crippen molar-refractivity contribution in [1.29, 1.82) is 0 Å². The van der Waals surface area contributed by atoms with Crippen molar-refractivity contribution in [3.05, 3.63) is 52.2 Å². The Labute approximate surface area is 104 Å². The van der Waals surface area contributed by atoms with Crippen molar-refractivity contribution in [3.63, 3.8) is 0 Å². The Morgan fingerprint density at radius 1 is 1.39 bits per heavy atom. The molecular weight excluding hydrogens is 232 g/mol. The van der Waals surface area contributed by atoms with Gasteiger partial charge in [0.15, 0.2) is 0 Å². The topological polar surface area (TPSA) is 64.2 Å². The summed E-state index contributed by atoms with van der Waals surface area (Å²) >= 11 is 0. The molecule has 1 heterocycles. The van der Waals surface area contributed by atoms with Crippen LogP contribution in [0.25, 0.3) is 5.69 Å². The van der Waals surface area contributed by atoms with Crippen LogP contribution < -0.4 is 5.69 Å². The normalized spacial score (nSPS) is 10.6. The molecular formula is C13H14N2O3. The molecule has 0 aliphatic carbocycles. The molecule has 0 saturated carbocycles. The van der Waals surface area contributed by atoms with Crippen molar-refractivity contribution in [2.24, 2.45) is 7.05 Å². The number of aryl methyl sites for hydroxylation is 2. The maximum Gasteiger partial charge on any atom is 0.332 e. The third-order valence-corrected chi connectivity index (χ3v) is 2.75. The summed E-state index contributed by atoms with van der Waals surface area (Å²) in [5.74, 6) is -0.885. The molecule has 0 atom stereocenters. The van der Waals surface area contributed by atoms with Gasteiger partial charge in [-0.1, -0.05) is 12.1 Å². The standard InChI is InChI=1S/C13H14N2O3/c1-9-8-14(2)13(18)15(9)11-5-3-4-10(6-11)7-12(16)17/h3-6,8H,7H2,1-2H3,(H,16,17). The Kier molecular flexibility index (Phi) is 3.06. The van der Waals surface area contributed by atoms with Gasteiger partial charge in [0.2, 0.25) is 0 Å². The summed E-state index contributed by atoms with van der Waals surface area (Å²) in [6, 6.07) is 7.01. The first-order valence-corrected chi connectivity index (χ1v) is 5.55. The number of aliphatic carboxylic acids is 1. The van der Waals surface area contributed by atoms with Crippen LogP contribution in [0.15, 0.2) is 35.3 Å². The highest BCUT2D eigenvalue weighted by atomic mass is 16.4. The van der Waals surface area contributed by atoms with Gasteiger partial charge in [0.05, 0.1) is 12.1 Å². The van der Waals surface area contributed by atoms with Gasteiger partial charge >= 0.3 is 11.7 Å². The van der Waals surface area contributed by atoms with E-state index in [1.54, 1.807) is 42.1 Å². The Hall–Kier alpha value is -2.30. The lowest BCUT2D eigenvalue weighted by Gasteiger charge is -2.05. The number of nitrogens with zero attached hydrogens (tertiary/aromatic N) is 2. The van der Waals surface area contributed by atoms with E-state index in [0.717, 1.165) is 5.69 Å². The quantitative estimate of drug-likeness (QED) is 0.882. The molecule has 0 unspecified atom stereocenters. The highest BCUT2D eigenvalue weighted by Gasteiger charge is 2.09. The molecule has 1 aromatic heterocycles. The van der Waals surface area contributed by atoms with Crippen molar-refractivity contribution < 1.29 is 9.90 Å². The van der Waals surface area contributed by atoms with Crippen LogP contribution in [-0.4, -0.2) is 20.2 Å². The summed E-state index contributed by atoms with van der Waals surface area (Å²) in [7, 11) is 1.69. The number of carboxylic acids is 1. The maximum absolute atomic E-state index is 11.9. The van der Waals surface area contributed by atoms with Crippen molar-refractivity contribution >= 4 is 5.97 Å². The number of aromatic nitrogens is 2. The SMILES string of the molecule is Cc1cn(C)c(=O)n1-c1cccc(CC(=O)O)c1. The zero-order chi connectivity index (χ0) is 13.3. The van der Waals surface area contributed by atoms with E-state index >= 15 is 0 Å². The second-order valence-electron chi connectivity index (χ2n) is 4.24. The summed E-state index contributed by atoms with van der Waals surface area (Å²) in [6.45, 7) is 1.84. The first-order valence-electron chi connectivity index (χ1n) is 5.55. The summed E-state index contributed by atoms with van der Waals surface area (Å²) in [5, 5.41) is 8.77. The molecule has 0 radical (unpaired) electrons. The van der Waals surface area contributed by atoms with E-state index in [1.807, 2.05) is 6.92 Å². The molecule has 5 heteroatoms. The van der Waals surface area contributed by atoms with Gasteiger partial charge in [-0.15, -0.1) is 0 Å². The third kappa shape index (κ3) is 2.20. The highest BCUT2D eigenvalue weighted by Crippen LogP contribution is 2.11. The Morgan fingerprint density at radius 3 is 2.67 bits per heavy atom. The lowest BCUT2D eigenvalue weighted by molar-refractivity contribution is -0.136. The smallest absolute Gasteiger partial charge is 0.332 e. The summed E-state index contributed by atoms with van der Waals surface area (Å²) in [4.78, 5) is 22.6. The van der Waals surface area contributed by atoms with Gasteiger partial charge in [0.25, 0.3) is 0 Å². The minimum Gasteiger partial charge on any atom is -0.481 e. The van der Waals surface area contributed by atoms with Crippen LogP contribution in [0.1, 0.15) is 11.3 Å². The lowest BCUT2D eigenvalue weighted by atomic mass is 10.1. The Bertz CT molecular complexity index is 652. The largest absolute Gasteiger partial charge is 0.481 e. The van der Waals surface area contributed by atoms with Crippen molar-refractivity contribution in [2.75, 3.05) is 0 Å². The van der Waals surface area contributed by atoms with E-state index < -0.39 is 5.97 Å². The number of hydrogen-bond acceptors (Lipinski definition) is 2. The lowest BCUT2D eigenvalue weighted by Crippen LogP contribution is -2.21. The molecule has 0 aliphatic heterocycles. The van der Waals surface area contributed by atoms with Gasteiger partial charge in [-0.3, -0.25) is 9.36 Å². The fraction of sp³-hybridized carbons (Fsp3) is 0.231. The Balaban J connectivity index is 2.51. The summed E-state index contributed by atoms with van der Waals surface area (Å²) < 4.78 is 3.06. The van der Waals surface area contributed by atoms with E-state index in [0.29, 0.717) is 11.3 Å². The fourth-order valence-electron chi connectivity index (χ4n) is 2.00. The van der Waals surface area contributed by atoms with Gasteiger partial charge in [-0.2, -0.15) is 0 Å². The third-order valence-electron chi connectivity index (χ3n) is 2.75. The van der Waals surface area contributed by atoms with E-state index in [1.165, 1.54) is 4.57 Å². The predicted molar refractivity (Wildman–Crippen MR) is 67.1 cm³/mol. The molecule has 0 saturated heterocycles. The molecule has 0 fully saturated rings. The molecule has 0 spiro atoms. The van der Waals surface area contributed by atoms with Crippen LogP contribution in [-0.2, 0) is 18.3 Å². The van der Waals surface area contributed by atoms with Gasteiger partial charge in [0, 0.05) is 18.9 Å². The zero-order valence-corrected chi connectivity index (χ0v) is 10.3. The summed E-state index contributed by atoms with van der Waals surface area (Å²) in [6.07, 6.45) is 1.70. The van der Waals surface area contributed by atoms with Crippen molar-refractivity contribution in [2.45, 2.75) is 13.3 Å². The number of carbonyl (C=O) groups is 1. The van der Waals surface area contributed by atoms with Crippen LogP contribution in [0.2, 0.25) is 0 Å². The average Bonchev–Trinajstić information content (AvgIpc) is 2.52. The second kappa shape index (κ2) is 4.52. The minimum atomic E-state index is -0.885. The van der Waals surface area contributed by atoms with Gasteiger partial charge in [-0.05, 0) is 24.6 Å². The number of rotatable bonds is 3. The second-order valence-corrected chi connectivity index (χ2v) is 4.24. The number of carboxylic acid groups (broad SMARTS) is 1. The highest BCUT2D eigenvalue weighted by molar-refractivity contribution is 5.70. The zero-order valence-electron chi connectivity index (χ0n) is 10.3.